The largest absolute Gasteiger partial charge is 0.463 e. The molecule has 42 heavy (non-hydrogen) atoms. The number of nitrogens with zero attached hydrogens (tertiary/aromatic N) is 7. The van der Waals surface area contributed by atoms with Gasteiger partial charge in [0.05, 0.1) is 37.4 Å². The topological polar surface area (TPSA) is 88.8 Å². The standard InChI is InChI=1S/C33H39N7O2/c1-4-31(41)40-19-18-39(20-25(40)14-16-34)32-27-15-17-38(30-11-7-9-23-8-5-6-10-26(23)30)21-28(27)35-33(36-32)42-22-24-12-13-29(24)37(2)3/h4-11,24-25,29H,1,12-15,17-22H2,2-3H3/t24?,25-,29?/m0/s1. The van der Waals surface area contributed by atoms with Crippen LogP contribution >= 0.6 is 0 Å². The van der Waals surface area contributed by atoms with Gasteiger partial charge in [-0.15, -0.1) is 0 Å². The zero-order chi connectivity index (χ0) is 29.2. The third-order valence-electron chi connectivity index (χ3n) is 9.16. The maximum atomic E-state index is 12.5. The van der Waals surface area contributed by atoms with Crippen molar-refractivity contribution < 1.29 is 9.53 Å². The van der Waals surface area contributed by atoms with E-state index in [0.717, 1.165) is 36.5 Å². The Hall–Kier alpha value is -4.16. The van der Waals surface area contributed by atoms with Crippen LogP contribution in [0.3, 0.4) is 0 Å². The first-order valence-corrected chi connectivity index (χ1v) is 14.9. The van der Waals surface area contributed by atoms with Crippen LogP contribution in [0.1, 0.15) is 30.5 Å². The van der Waals surface area contributed by atoms with Crippen LogP contribution in [0.4, 0.5) is 11.5 Å². The summed E-state index contributed by atoms with van der Waals surface area (Å²) in [6, 6.07) is 17.9. The molecule has 2 fully saturated rings. The molecule has 0 radical (unpaired) electrons. The molecule has 0 N–H and O–H groups in total. The fourth-order valence-electron chi connectivity index (χ4n) is 6.75. The van der Waals surface area contributed by atoms with E-state index in [2.05, 4.69) is 83.9 Å². The van der Waals surface area contributed by atoms with Crippen molar-refractivity contribution in [3.05, 3.63) is 66.4 Å². The number of nitriles is 1. The monoisotopic (exact) mass is 565 g/mol. The van der Waals surface area contributed by atoms with E-state index in [4.69, 9.17) is 14.7 Å². The summed E-state index contributed by atoms with van der Waals surface area (Å²) in [5.41, 5.74) is 3.32. The molecule has 9 heteroatoms. The molecule has 2 unspecified atom stereocenters. The molecule has 1 saturated heterocycles. The van der Waals surface area contributed by atoms with Crippen LogP contribution in [0.5, 0.6) is 6.01 Å². The quantitative estimate of drug-likeness (QED) is 0.379. The highest BCUT2D eigenvalue weighted by atomic mass is 16.5. The average molecular weight is 566 g/mol. The van der Waals surface area contributed by atoms with Crippen molar-refractivity contribution in [3.8, 4) is 12.1 Å². The van der Waals surface area contributed by atoms with Crippen molar-refractivity contribution in [1.82, 2.24) is 19.8 Å². The number of hydrogen-bond donors (Lipinski definition) is 0. The van der Waals surface area contributed by atoms with Gasteiger partial charge in [0.2, 0.25) is 5.91 Å². The molecule has 3 heterocycles. The number of ether oxygens (including phenoxy) is 1. The van der Waals surface area contributed by atoms with Gasteiger partial charge in [-0.2, -0.15) is 15.2 Å². The number of amides is 1. The van der Waals surface area contributed by atoms with E-state index >= 15 is 0 Å². The number of piperazine rings is 1. The number of hydrogen-bond acceptors (Lipinski definition) is 8. The lowest BCUT2D eigenvalue weighted by atomic mass is 9.79. The van der Waals surface area contributed by atoms with E-state index in [1.165, 1.54) is 29.0 Å². The van der Waals surface area contributed by atoms with Gasteiger partial charge in [0.15, 0.2) is 0 Å². The van der Waals surface area contributed by atoms with Crippen LogP contribution in [0, 0.1) is 17.2 Å². The fourth-order valence-corrected chi connectivity index (χ4v) is 6.75. The van der Waals surface area contributed by atoms with Crippen LogP contribution in [-0.4, -0.2) is 84.6 Å². The Labute approximate surface area is 248 Å². The van der Waals surface area contributed by atoms with E-state index in [1.807, 2.05) is 0 Å². The molecule has 0 spiro atoms. The fraction of sp³-hybridized carbons (Fsp3) is 0.455. The number of fused-ring (bicyclic) bond motifs is 2. The molecule has 1 aromatic heterocycles. The van der Waals surface area contributed by atoms with Crippen molar-refractivity contribution in [1.29, 1.82) is 5.26 Å². The Morgan fingerprint density at radius 2 is 1.95 bits per heavy atom. The highest BCUT2D eigenvalue weighted by Gasteiger charge is 2.35. The van der Waals surface area contributed by atoms with Gasteiger partial charge in [0, 0.05) is 54.8 Å². The zero-order valence-corrected chi connectivity index (χ0v) is 24.6. The Kier molecular flexibility index (Phi) is 7.98. The summed E-state index contributed by atoms with van der Waals surface area (Å²) in [4.78, 5) is 31.2. The minimum Gasteiger partial charge on any atom is -0.463 e. The van der Waals surface area contributed by atoms with Gasteiger partial charge in [-0.1, -0.05) is 43.0 Å². The van der Waals surface area contributed by atoms with Crippen molar-refractivity contribution in [2.75, 3.05) is 56.7 Å². The second-order valence-corrected chi connectivity index (χ2v) is 11.8. The van der Waals surface area contributed by atoms with Gasteiger partial charge in [-0.05, 0) is 50.9 Å². The SMILES string of the molecule is C=CC(=O)N1CCN(c2nc(OCC3CCC3N(C)C)nc3c2CCN(c2cccc4ccccc24)C3)C[C@@H]1CC#N. The maximum Gasteiger partial charge on any atom is 0.318 e. The lowest BCUT2D eigenvalue weighted by Gasteiger charge is -2.42. The second kappa shape index (κ2) is 12.0. The van der Waals surface area contributed by atoms with Crippen molar-refractivity contribution in [3.63, 3.8) is 0 Å². The van der Waals surface area contributed by atoms with Crippen molar-refractivity contribution in [2.45, 2.75) is 44.3 Å². The third kappa shape index (κ3) is 5.39. The van der Waals surface area contributed by atoms with Crippen LogP contribution < -0.4 is 14.5 Å². The zero-order valence-electron chi connectivity index (χ0n) is 24.6. The smallest absolute Gasteiger partial charge is 0.318 e. The lowest BCUT2D eigenvalue weighted by Crippen LogP contribution is -2.55. The summed E-state index contributed by atoms with van der Waals surface area (Å²) >= 11 is 0. The molecule has 1 aliphatic carbocycles. The predicted molar refractivity (Wildman–Crippen MR) is 165 cm³/mol. The Bertz CT molecular complexity index is 1510. The van der Waals surface area contributed by atoms with E-state index in [1.54, 1.807) is 4.90 Å². The molecule has 2 aromatic carbocycles. The van der Waals surface area contributed by atoms with Gasteiger partial charge in [0.25, 0.3) is 0 Å². The Balaban J connectivity index is 1.32. The number of benzene rings is 2. The molecule has 3 aromatic rings. The molecular weight excluding hydrogens is 526 g/mol. The molecule has 3 aliphatic rings. The van der Waals surface area contributed by atoms with Crippen LogP contribution in [0.2, 0.25) is 0 Å². The molecular formula is C33H39N7O2. The molecule has 2 aliphatic heterocycles. The average Bonchev–Trinajstić information content (AvgIpc) is 2.99. The van der Waals surface area contributed by atoms with Gasteiger partial charge >= 0.3 is 6.01 Å². The lowest BCUT2D eigenvalue weighted by molar-refractivity contribution is -0.128. The summed E-state index contributed by atoms with van der Waals surface area (Å²) in [6.07, 6.45) is 4.72. The van der Waals surface area contributed by atoms with Gasteiger partial charge < -0.3 is 24.3 Å². The predicted octanol–water partition coefficient (Wildman–Crippen LogP) is 4.03. The molecule has 1 amide bonds. The third-order valence-corrected chi connectivity index (χ3v) is 9.16. The van der Waals surface area contributed by atoms with E-state index in [0.29, 0.717) is 50.8 Å². The number of anilines is 2. The Morgan fingerprint density at radius 3 is 2.71 bits per heavy atom. The van der Waals surface area contributed by atoms with Crippen LogP contribution in [0.25, 0.3) is 10.8 Å². The van der Waals surface area contributed by atoms with E-state index < -0.39 is 0 Å². The van der Waals surface area contributed by atoms with Gasteiger partial charge in [-0.3, -0.25) is 4.79 Å². The first-order valence-electron chi connectivity index (χ1n) is 14.9. The number of carbonyl (C=O) groups is 1. The second-order valence-electron chi connectivity index (χ2n) is 11.8. The number of rotatable bonds is 8. The van der Waals surface area contributed by atoms with E-state index in [9.17, 15) is 10.1 Å². The summed E-state index contributed by atoms with van der Waals surface area (Å²) in [5.74, 6) is 1.20. The first kappa shape index (κ1) is 28.0. The number of aromatic nitrogens is 2. The molecule has 0 bridgehead atoms. The molecule has 1 saturated carbocycles. The number of carbonyl (C=O) groups excluding carboxylic acids is 1. The first-order chi connectivity index (χ1) is 20.5. The summed E-state index contributed by atoms with van der Waals surface area (Å²) < 4.78 is 6.33. The van der Waals surface area contributed by atoms with Crippen molar-refractivity contribution in [2.24, 2.45) is 5.92 Å². The van der Waals surface area contributed by atoms with Crippen LogP contribution in [0.15, 0.2) is 55.1 Å². The van der Waals surface area contributed by atoms with E-state index in [-0.39, 0.29) is 18.4 Å². The molecule has 218 valence electrons. The minimum atomic E-state index is -0.226. The molecule has 6 rings (SSSR count). The normalized spacial score (nSPS) is 22.0. The molecule has 9 nitrogen and oxygen atoms in total. The van der Waals surface area contributed by atoms with Gasteiger partial charge in [0.1, 0.15) is 5.82 Å². The summed E-state index contributed by atoms with van der Waals surface area (Å²) in [5, 5.41) is 12.0. The Morgan fingerprint density at radius 1 is 1.12 bits per heavy atom. The minimum absolute atomic E-state index is 0.134. The summed E-state index contributed by atoms with van der Waals surface area (Å²) in [6.45, 7) is 7.44. The molecule has 3 atom stereocenters. The van der Waals surface area contributed by atoms with Gasteiger partial charge in [-0.25, -0.2) is 0 Å². The maximum absolute atomic E-state index is 12.5. The highest BCUT2D eigenvalue weighted by Crippen LogP contribution is 2.36. The van der Waals surface area contributed by atoms with Crippen LogP contribution in [-0.2, 0) is 17.8 Å². The highest BCUT2D eigenvalue weighted by molar-refractivity contribution is 5.94. The van der Waals surface area contributed by atoms with Crippen molar-refractivity contribution >= 4 is 28.2 Å². The summed E-state index contributed by atoms with van der Waals surface area (Å²) in [7, 11) is 4.25.